The van der Waals surface area contributed by atoms with Crippen LogP contribution in [0.15, 0.2) is 57.4 Å². The molecule has 116 valence electrons. The van der Waals surface area contributed by atoms with Crippen LogP contribution >= 0.6 is 15.9 Å². The van der Waals surface area contributed by atoms with Crippen molar-refractivity contribution in [3.8, 4) is 0 Å². The van der Waals surface area contributed by atoms with Gasteiger partial charge in [-0.1, -0.05) is 18.2 Å². The van der Waals surface area contributed by atoms with E-state index in [2.05, 4.69) is 26.0 Å². The summed E-state index contributed by atoms with van der Waals surface area (Å²) in [5, 5.41) is 3.53. The topological polar surface area (TPSA) is 68.5 Å². The van der Waals surface area contributed by atoms with Crippen molar-refractivity contribution in [1.29, 1.82) is 0 Å². The number of anilines is 1. The molecule has 0 radical (unpaired) electrons. The fourth-order valence-corrected chi connectivity index (χ4v) is 2.64. The van der Waals surface area contributed by atoms with Crippen molar-refractivity contribution in [3.05, 3.63) is 64.3 Å². The highest BCUT2D eigenvalue weighted by atomic mass is 79.9. The maximum atomic E-state index is 12.3. The molecule has 6 heteroatoms. The van der Waals surface area contributed by atoms with E-state index in [0.29, 0.717) is 16.8 Å². The number of carbonyl (C=O) groups excluding carboxylic acids is 2. The lowest BCUT2D eigenvalue weighted by molar-refractivity contribution is 0.0600. The SMILES string of the molecule is COC(=O)c1cccc(NC(=O)c2cc3cccc(Br)c3o2)c1. The van der Waals surface area contributed by atoms with Gasteiger partial charge in [0, 0.05) is 11.1 Å². The molecule has 3 aromatic rings. The molecule has 0 saturated heterocycles. The largest absolute Gasteiger partial charge is 0.465 e. The summed E-state index contributed by atoms with van der Waals surface area (Å²) in [6.07, 6.45) is 0. The summed E-state index contributed by atoms with van der Waals surface area (Å²) >= 11 is 3.38. The van der Waals surface area contributed by atoms with E-state index in [1.54, 1.807) is 30.3 Å². The molecule has 3 rings (SSSR count). The molecule has 0 aliphatic carbocycles. The Balaban J connectivity index is 1.86. The second-order valence-electron chi connectivity index (χ2n) is 4.80. The Bertz CT molecular complexity index is 900. The lowest BCUT2D eigenvalue weighted by Gasteiger charge is -2.05. The highest BCUT2D eigenvalue weighted by molar-refractivity contribution is 9.10. The third kappa shape index (κ3) is 3.12. The van der Waals surface area contributed by atoms with Gasteiger partial charge < -0.3 is 14.5 Å². The minimum absolute atomic E-state index is 0.190. The molecule has 1 aromatic heterocycles. The lowest BCUT2D eigenvalue weighted by atomic mass is 10.2. The molecule has 0 fully saturated rings. The average molecular weight is 374 g/mol. The number of amides is 1. The van der Waals surface area contributed by atoms with Crippen LogP contribution < -0.4 is 5.32 Å². The summed E-state index contributed by atoms with van der Waals surface area (Å²) in [6.45, 7) is 0. The van der Waals surface area contributed by atoms with E-state index in [9.17, 15) is 9.59 Å². The van der Waals surface area contributed by atoms with Crippen LogP contribution in [-0.4, -0.2) is 19.0 Å². The van der Waals surface area contributed by atoms with E-state index >= 15 is 0 Å². The van der Waals surface area contributed by atoms with Crippen LogP contribution in [0.3, 0.4) is 0 Å². The molecule has 0 unspecified atom stereocenters. The van der Waals surface area contributed by atoms with E-state index in [0.717, 1.165) is 9.86 Å². The predicted octanol–water partition coefficient (Wildman–Crippen LogP) is 4.23. The number of fused-ring (bicyclic) bond motifs is 1. The van der Waals surface area contributed by atoms with Crippen molar-refractivity contribution >= 4 is 44.5 Å². The van der Waals surface area contributed by atoms with Gasteiger partial charge in [0.2, 0.25) is 0 Å². The van der Waals surface area contributed by atoms with Crippen molar-refractivity contribution in [2.45, 2.75) is 0 Å². The molecule has 0 saturated carbocycles. The summed E-state index contributed by atoms with van der Waals surface area (Å²) in [5.41, 5.74) is 1.45. The van der Waals surface area contributed by atoms with Crippen LogP contribution in [0.2, 0.25) is 0 Å². The summed E-state index contributed by atoms with van der Waals surface area (Å²) in [6, 6.07) is 13.7. The highest BCUT2D eigenvalue weighted by Crippen LogP contribution is 2.27. The molecular formula is C17H12BrNO4. The number of carbonyl (C=O) groups is 2. The van der Waals surface area contributed by atoms with Crippen molar-refractivity contribution in [3.63, 3.8) is 0 Å². The van der Waals surface area contributed by atoms with Gasteiger partial charge >= 0.3 is 5.97 Å². The van der Waals surface area contributed by atoms with E-state index < -0.39 is 11.9 Å². The molecule has 1 amide bonds. The quantitative estimate of drug-likeness (QED) is 0.697. The van der Waals surface area contributed by atoms with Crippen LogP contribution in [0.5, 0.6) is 0 Å². The van der Waals surface area contributed by atoms with Gasteiger partial charge in [-0.05, 0) is 46.3 Å². The zero-order chi connectivity index (χ0) is 16.4. The maximum Gasteiger partial charge on any atom is 0.337 e. The summed E-state index contributed by atoms with van der Waals surface area (Å²) in [4.78, 5) is 23.8. The van der Waals surface area contributed by atoms with Crippen molar-refractivity contribution in [1.82, 2.24) is 0 Å². The second kappa shape index (κ2) is 6.26. The average Bonchev–Trinajstić information content (AvgIpc) is 3.00. The number of para-hydroxylation sites is 1. The third-order valence-corrected chi connectivity index (χ3v) is 3.89. The van der Waals surface area contributed by atoms with Gasteiger partial charge in [0.25, 0.3) is 5.91 Å². The standard InChI is InChI=1S/C17H12BrNO4/c1-22-17(21)11-5-2-6-12(8-11)19-16(20)14-9-10-4-3-7-13(18)15(10)23-14/h2-9H,1H3,(H,19,20). The Kier molecular flexibility index (Phi) is 4.16. The summed E-state index contributed by atoms with van der Waals surface area (Å²) in [7, 11) is 1.31. The number of esters is 1. The van der Waals surface area contributed by atoms with Gasteiger partial charge in [0.05, 0.1) is 17.1 Å². The van der Waals surface area contributed by atoms with E-state index in [1.165, 1.54) is 7.11 Å². The molecule has 0 aliphatic heterocycles. The molecule has 5 nitrogen and oxygen atoms in total. The fourth-order valence-electron chi connectivity index (χ4n) is 2.17. The van der Waals surface area contributed by atoms with Crippen LogP contribution in [0.4, 0.5) is 5.69 Å². The Labute approximate surface area is 140 Å². The number of methoxy groups -OCH3 is 1. The van der Waals surface area contributed by atoms with Crippen LogP contribution in [0.1, 0.15) is 20.9 Å². The maximum absolute atomic E-state index is 12.3. The number of hydrogen-bond acceptors (Lipinski definition) is 4. The van der Waals surface area contributed by atoms with Crippen molar-refractivity contribution in [2.24, 2.45) is 0 Å². The Morgan fingerprint density at radius 1 is 1.13 bits per heavy atom. The van der Waals surface area contributed by atoms with Gasteiger partial charge in [-0.15, -0.1) is 0 Å². The minimum Gasteiger partial charge on any atom is -0.465 e. The van der Waals surface area contributed by atoms with Crippen LogP contribution in [0, 0.1) is 0 Å². The number of nitrogens with one attached hydrogen (secondary N) is 1. The van der Waals surface area contributed by atoms with E-state index in [1.807, 2.05) is 18.2 Å². The smallest absolute Gasteiger partial charge is 0.337 e. The Hall–Kier alpha value is -2.60. The molecule has 0 aliphatic rings. The normalized spacial score (nSPS) is 10.5. The number of benzene rings is 2. The van der Waals surface area contributed by atoms with Crippen LogP contribution in [-0.2, 0) is 4.74 Å². The first-order valence-corrected chi connectivity index (χ1v) is 7.55. The molecular weight excluding hydrogens is 362 g/mol. The molecule has 2 aromatic carbocycles. The molecule has 0 spiro atoms. The first kappa shape index (κ1) is 15.3. The zero-order valence-electron chi connectivity index (χ0n) is 12.1. The summed E-state index contributed by atoms with van der Waals surface area (Å²) < 4.78 is 11.0. The fraction of sp³-hybridized carbons (Fsp3) is 0.0588. The van der Waals surface area contributed by atoms with E-state index in [4.69, 9.17) is 4.42 Å². The first-order valence-electron chi connectivity index (χ1n) is 6.76. The van der Waals surface area contributed by atoms with Crippen molar-refractivity contribution in [2.75, 3.05) is 12.4 Å². The number of halogens is 1. The molecule has 1 heterocycles. The van der Waals surface area contributed by atoms with Gasteiger partial charge in [-0.2, -0.15) is 0 Å². The highest BCUT2D eigenvalue weighted by Gasteiger charge is 2.14. The Morgan fingerprint density at radius 2 is 1.91 bits per heavy atom. The predicted molar refractivity (Wildman–Crippen MR) is 89.6 cm³/mol. The molecule has 23 heavy (non-hydrogen) atoms. The van der Waals surface area contributed by atoms with Crippen molar-refractivity contribution < 1.29 is 18.7 Å². The molecule has 0 bridgehead atoms. The third-order valence-electron chi connectivity index (χ3n) is 3.26. The van der Waals surface area contributed by atoms with Gasteiger partial charge in [-0.3, -0.25) is 4.79 Å². The monoisotopic (exact) mass is 373 g/mol. The van der Waals surface area contributed by atoms with E-state index in [-0.39, 0.29) is 5.76 Å². The number of furan rings is 1. The zero-order valence-corrected chi connectivity index (χ0v) is 13.7. The Morgan fingerprint density at radius 3 is 2.65 bits per heavy atom. The second-order valence-corrected chi connectivity index (χ2v) is 5.65. The number of rotatable bonds is 3. The molecule has 0 atom stereocenters. The first-order chi connectivity index (χ1) is 11.1. The van der Waals surface area contributed by atoms with Crippen LogP contribution in [0.25, 0.3) is 11.0 Å². The summed E-state index contributed by atoms with van der Waals surface area (Å²) in [5.74, 6) is -0.667. The lowest BCUT2D eigenvalue weighted by Crippen LogP contribution is -2.11. The minimum atomic E-state index is -0.464. The van der Waals surface area contributed by atoms with Gasteiger partial charge in [-0.25, -0.2) is 4.79 Å². The van der Waals surface area contributed by atoms with Gasteiger partial charge in [0.1, 0.15) is 5.58 Å². The number of hydrogen-bond donors (Lipinski definition) is 1. The number of ether oxygens (including phenoxy) is 1. The molecule has 1 N–H and O–H groups in total. The van der Waals surface area contributed by atoms with Gasteiger partial charge in [0.15, 0.2) is 5.76 Å².